The summed E-state index contributed by atoms with van der Waals surface area (Å²) >= 11 is 0. The molecule has 6 heteroatoms. The van der Waals surface area contributed by atoms with E-state index in [1.54, 1.807) is 0 Å². The molecule has 314 valence electrons. The number of nitrogens with zero attached hydrogens (tertiary/aromatic N) is 6. The fraction of sp³-hybridized carbons (Fsp3) is 0.0328. The maximum atomic E-state index is 10.3. The number of aromatic nitrogens is 4. The zero-order chi connectivity index (χ0) is 45.4. The van der Waals surface area contributed by atoms with Crippen LogP contribution in [0.5, 0.6) is 0 Å². The number of nitriles is 2. The van der Waals surface area contributed by atoms with E-state index in [-0.39, 0.29) is 0 Å². The Morgan fingerprint density at radius 3 is 1.15 bits per heavy atom. The SMILES string of the molecule is Cc1ccc(-c2ccc3c(c2)c2cc(-c4ccc(C)cc4)ccc2n3-c2c(-c3cccc(C#N)c3)cc(-c3nc(-c4ccccc4)nc(-c4ccccc4)n3)cc2-c2cccc(C#N)c2)cc1. The van der Waals surface area contributed by atoms with E-state index in [2.05, 4.69) is 140 Å². The molecular formula is C61H40N6. The smallest absolute Gasteiger partial charge is 0.164 e. The molecule has 9 aromatic carbocycles. The molecule has 0 atom stereocenters. The van der Waals surface area contributed by atoms with Crippen molar-refractivity contribution in [1.29, 1.82) is 10.5 Å². The average Bonchev–Trinajstić information content (AvgIpc) is 3.71. The largest absolute Gasteiger partial charge is 0.308 e. The summed E-state index contributed by atoms with van der Waals surface area (Å²) in [4.78, 5) is 15.4. The Kier molecular flexibility index (Phi) is 10.3. The summed E-state index contributed by atoms with van der Waals surface area (Å²) in [5.74, 6) is 1.58. The van der Waals surface area contributed by atoms with Gasteiger partial charge in [0.1, 0.15) is 0 Å². The first-order valence-corrected chi connectivity index (χ1v) is 22.2. The number of rotatable bonds is 8. The Hall–Kier alpha value is -9.23. The van der Waals surface area contributed by atoms with Gasteiger partial charge in [0.2, 0.25) is 0 Å². The van der Waals surface area contributed by atoms with Crippen LogP contribution in [0.3, 0.4) is 0 Å². The summed E-state index contributed by atoms with van der Waals surface area (Å²) in [6, 6.07) is 75.2. The molecule has 0 unspecified atom stereocenters. The van der Waals surface area contributed by atoms with E-state index < -0.39 is 0 Å². The van der Waals surface area contributed by atoms with E-state index in [0.29, 0.717) is 28.6 Å². The average molecular weight is 857 g/mol. The van der Waals surface area contributed by atoms with Gasteiger partial charge in [-0.2, -0.15) is 10.5 Å². The Morgan fingerprint density at radius 1 is 0.343 bits per heavy atom. The zero-order valence-corrected chi connectivity index (χ0v) is 36.8. The van der Waals surface area contributed by atoms with Gasteiger partial charge in [0.15, 0.2) is 17.5 Å². The molecule has 0 radical (unpaired) electrons. The van der Waals surface area contributed by atoms with Gasteiger partial charge in [0, 0.05) is 38.6 Å². The van der Waals surface area contributed by atoms with Crippen molar-refractivity contribution in [3.63, 3.8) is 0 Å². The van der Waals surface area contributed by atoms with E-state index in [1.807, 2.05) is 97.1 Å². The molecule has 0 spiro atoms. The summed E-state index contributed by atoms with van der Waals surface area (Å²) < 4.78 is 2.35. The lowest BCUT2D eigenvalue weighted by Crippen LogP contribution is -2.04. The van der Waals surface area contributed by atoms with Crippen LogP contribution in [0.2, 0.25) is 0 Å². The highest BCUT2D eigenvalue weighted by Gasteiger charge is 2.24. The lowest BCUT2D eigenvalue weighted by molar-refractivity contribution is 1.07. The fourth-order valence-electron chi connectivity index (χ4n) is 9.01. The molecule has 0 aliphatic carbocycles. The molecular weight excluding hydrogens is 817 g/mol. The monoisotopic (exact) mass is 856 g/mol. The summed E-state index contributed by atoms with van der Waals surface area (Å²) in [5.41, 5.74) is 16.8. The Morgan fingerprint density at radius 2 is 0.731 bits per heavy atom. The molecule has 0 saturated heterocycles. The van der Waals surface area contributed by atoms with Crippen LogP contribution in [-0.2, 0) is 0 Å². The second-order valence-corrected chi connectivity index (χ2v) is 16.9. The maximum absolute atomic E-state index is 10.3. The highest BCUT2D eigenvalue weighted by Crippen LogP contribution is 2.45. The van der Waals surface area contributed by atoms with E-state index in [4.69, 9.17) is 15.0 Å². The van der Waals surface area contributed by atoms with Crippen molar-refractivity contribution in [3.8, 4) is 96.5 Å². The number of hydrogen-bond donors (Lipinski definition) is 0. The molecule has 0 aliphatic rings. The summed E-state index contributed by atoms with van der Waals surface area (Å²) in [5, 5.41) is 22.8. The Balaban J connectivity index is 1.26. The van der Waals surface area contributed by atoms with Crippen LogP contribution in [0.1, 0.15) is 22.3 Å². The van der Waals surface area contributed by atoms with E-state index in [0.717, 1.165) is 88.7 Å². The van der Waals surface area contributed by atoms with E-state index >= 15 is 0 Å². The van der Waals surface area contributed by atoms with Gasteiger partial charge in [0.25, 0.3) is 0 Å². The molecule has 11 aromatic rings. The van der Waals surface area contributed by atoms with Crippen LogP contribution in [0.4, 0.5) is 0 Å². The molecule has 6 nitrogen and oxygen atoms in total. The number of aryl methyl sites for hydroxylation is 2. The highest BCUT2D eigenvalue weighted by atomic mass is 15.0. The third-order valence-corrected chi connectivity index (χ3v) is 12.4. The van der Waals surface area contributed by atoms with E-state index in [9.17, 15) is 10.5 Å². The fourth-order valence-corrected chi connectivity index (χ4v) is 9.01. The van der Waals surface area contributed by atoms with Crippen LogP contribution in [0, 0.1) is 36.5 Å². The predicted octanol–water partition coefficient (Wildman–Crippen LogP) is 15.0. The van der Waals surface area contributed by atoms with Crippen LogP contribution < -0.4 is 0 Å². The molecule has 0 amide bonds. The number of fused-ring (bicyclic) bond motifs is 3. The van der Waals surface area contributed by atoms with Crippen molar-refractivity contribution in [2.75, 3.05) is 0 Å². The van der Waals surface area contributed by atoms with Crippen molar-refractivity contribution < 1.29 is 0 Å². The van der Waals surface area contributed by atoms with Crippen molar-refractivity contribution in [2.45, 2.75) is 13.8 Å². The zero-order valence-electron chi connectivity index (χ0n) is 36.8. The second-order valence-electron chi connectivity index (χ2n) is 16.9. The first-order chi connectivity index (χ1) is 32.9. The maximum Gasteiger partial charge on any atom is 0.164 e. The summed E-state index contributed by atoms with van der Waals surface area (Å²) in [7, 11) is 0. The van der Waals surface area contributed by atoms with Gasteiger partial charge >= 0.3 is 0 Å². The van der Waals surface area contributed by atoms with Gasteiger partial charge in [-0.05, 0) is 108 Å². The first kappa shape index (κ1) is 40.5. The van der Waals surface area contributed by atoms with Gasteiger partial charge in [-0.15, -0.1) is 0 Å². The molecule has 2 aromatic heterocycles. The summed E-state index contributed by atoms with van der Waals surface area (Å²) in [6.45, 7) is 4.22. The molecule has 67 heavy (non-hydrogen) atoms. The van der Waals surface area contributed by atoms with Crippen LogP contribution in [0.15, 0.2) is 206 Å². The molecule has 0 saturated carbocycles. The first-order valence-electron chi connectivity index (χ1n) is 22.2. The van der Waals surface area contributed by atoms with Crippen molar-refractivity contribution in [3.05, 3.63) is 229 Å². The molecule has 2 heterocycles. The van der Waals surface area contributed by atoms with Gasteiger partial charge in [-0.25, -0.2) is 15.0 Å². The minimum atomic E-state index is 0.488. The lowest BCUT2D eigenvalue weighted by atomic mass is 9.91. The van der Waals surface area contributed by atoms with Crippen LogP contribution in [0.25, 0.3) is 106 Å². The quantitative estimate of drug-likeness (QED) is 0.152. The van der Waals surface area contributed by atoms with Gasteiger partial charge in [-0.3, -0.25) is 0 Å². The van der Waals surface area contributed by atoms with Gasteiger partial charge in [0.05, 0.1) is 40.0 Å². The van der Waals surface area contributed by atoms with Gasteiger partial charge < -0.3 is 4.57 Å². The molecule has 0 N–H and O–H groups in total. The topological polar surface area (TPSA) is 91.2 Å². The van der Waals surface area contributed by atoms with Crippen molar-refractivity contribution >= 4 is 21.8 Å². The van der Waals surface area contributed by atoms with Gasteiger partial charge in [-0.1, -0.05) is 157 Å². The van der Waals surface area contributed by atoms with Crippen molar-refractivity contribution in [1.82, 2.24) is 19.5 Å². The Labute approximate surface area is 389 Å². The number of hydrogen-bond acceptors (Lipinski definition) is 5. The second kappa shape index (κ2) is 17.0. The standard InChI is InChI=1S/C61H40N6/c1-39-19-23-43(24-20-39)47-27-29-56-54(33-47)55-34-48(44-25-21-40(2)22-26-44)28-30-57(55)67(56)58-52(49-17-9-11-41(31-49)37-62)35-51(36-53(58)50-18-10-12-42(32-50)38-63)61-65-59(45-13-5-3-6-14-45)64-60(66-61)46-15-7-4-8-16-46/h3-36H,1-2H3. The summed E-state index contributed by atoms with van der Waals surface area (Å²) in [6.07, 6.45) is 0. The van der Waals surface area contributed by atoms with Crippen LogP contribution >= 0.6 is 0 Å². The third-order valence-electron chi connectivity index (χ3n) is 12.4. The molecule has 0 fully saturated rings. The lowest BCUT2D eigenvalue weighted by Gasteiger charge is -2.21. The highest BCUT2D eigenvalue weighted by molar-refractivity contribution is 6.13. The Bertz CT molecular complexity index is 3520. The minimum Gasteiger partial charge on any atom is -0.308 e. The van der Waals surface area contributed by atoms with E-state index in [1.165, 1.54) is 11.1 Å². The third kappa shape index (κ3) is 7.69. The molecule has 11 rings (SSSR count). The van der Waals surface area contributed by atoms with Crippen LogP contribution in [-0.4, -0.2) is 19.5 Å². The normalized spacial score (nSPS) is 11.1. The predicted molar refractivity (Wildman–Crippen MR) is 271 cm³/mol. The minimum absolute atomic E-state index is 0.488. The van der Waals surface area contributed by atoms with Crippen molar-refractivity contribution in [2.24, 2.45) is 0 Å². The number of benzene rings is 9. The molecule has 0 aliphatic heterocycles. The molecule has 0 bridgehead atoms.